The fourth-order valence-corrected chi connectivity index (χ4v) is 5.55. The van der Waals surface area contributed by atoms with Gasteiger partial charge in [-0.1, -0.05) is 60.2 Å². The molecule has 2 nitrogen and oxygen atoms in total. The molecule has 0 bridgehead atoms. The van der Waals surface area contributed by atoms with E-state index < -0.39 is 0 Å². The summed E-state index contributed by atoms with van der Waals surface area (Å²) >= 11 is 0. The molecule has 2 heteroatoms. The normalized spacial score (nSPS) is 11.8. The first kappa shape index (κ1) is 19.2. The molecule has 0 N–H and O–H groups in total. The molecule has 0 saturated heterocycles. The Balaban J connectivity index is 1.75. The molecule has 34 heavy (non-hydrogen) atoms. The Bertz CT molecular complexity index is 1850. The molecule has 0 fully saturated rings. The maximum absolute atomic E-state index is 2.42. The van der Waals surface area contributed by atoms with Gasteiger partial charge in [-0.15, -0.1) is 0 Å². The molecule has 0 radical (unpaired) electrons. The van der Waals surface area contributed by atoms with Gasteiger partial charge in [-0.25, -0.2) is 0 Å². The molecule has 0 aliphatic carbocycles. The average molecular weight is 437 g/mol. The highest BCUT2D eigenvalue weighted by Crippen LogP contribution is 2.42. The van der Waals surface area contributed by atoms with E-state index in [9.17, 15) is 0 Å². The largest absolute Gasteiger partial charge is 0.309 e. The molecule has 0 amide bonds. The summed E-state index contributed by atoms with van der Waals surface area (Å²) in [5.74, 6) is 0. The third kappa shape index (κ3) is 2.63. The Hall–Kier alpha value is -4.30. The van der Waals surface area contributed by atoms with Crippen LogP contribution >= 0.6 is 0 Å². The predicted octanol–water partition coefficient (Wildman–Crippen LogP) is 8.50. The summed E-state index contributed by atoms with van der Waals surface area (Å²) < 4.78 is 4.82. The lowest BCUT2D eigenvalue weighted by atomic mass is 10.0. The Morgan fingerprint density at radius 2 is 0.912 bits per heavy atom. The predicted molar refractivity (Wildman–Crippen MR) is 145 cm³/mol. The van der Waals surface area contributed by atoms with Crippen molar-refractivity contribution in [1.82, 2.24) is 9.13 Å². The molecule has 7 rings (SSSR count). The number of fused-ring (bicyclic) bond motifs is 7. The Kier molecular flexibility index (Phi) is 4.01. The van der Waals surface area contributed by atoms with Gasteiger partial charge < -0.3 is 9.13 Å². The second-order valence-electron chi connectivity index (χ2n) is 9.24. The standard InChI is InChI=1S/C32H24N2/c1-21-14-16-27-26(19-21)32-29(33(27)23-9-5-3-6-10-23)18-17-28-31(32)25-15-13-22(2)20-30(25)34(28)24-11-7-4-8-12-24/h3-20H,1-2H3. The van der Waals surface area contributed by atoms with Crippen LogP contribution < -0.4 is 0 Å². The van der Waals surface area contributed by atoms with Gasteiger partial charge in [0, 0.05) is 32.9 Å². The van der Waals surface area contributed by atoms with Gasteiger partial charge in [0.15, 0.2) is 0 Å². The maximum Gasteiger partial charge on any atom is 0.0548 e. The van der Waals surface area contributed by atoms with Crippen molar-refractivity contribution in [2.45, 2.75) is 13.8 Å². The highest BCUT2D eigenvalue weighted by molar-refractivity contribution is 6.29. The number of hydrogen-bond donors (Lipinski definition) is 0. The number of para-hydroxylation sites is 2. The first-order valence-corrected chi connectivity index (χ1v) is 11.8. The minimum Gasteiger partial charge on any atom is -0.309 e. The van der Waals surface area contributed by atoms with E-state index in [1.165, 1.54) is 66.1 Å². The first-order valence-electron chi connectivity index (χ1n) is 11.8. The van der Waals surface area contributed by atoms with E-state index >= 15 is 0 Å². The SMILES string of the molecule is Cc1ccc2c(c1)c1c3c4ccc(C)cc4n(-c4ccccc4)c3ccc1n2-c1ccccc1. The van der Waals surface area contributed by atoms with Gasteiger partial charge in [-0.3, -0.25) is 0 Å². The van der Waals surface area contributed by atoms with Crippen molar-refractivity contribution in [3.8, 4) is 11.4 Å². The van der Waals surface area contributed by atoms with Crippen molar-refractivity contribution in [3.05, 3.63) is 120 Å². The minimum absolute atomic E-state index is 1.19. The molecule has 0 saturated carbocycles. The van der Waals surface area contributed by atoms with Gasteiger partial charge in [0.1, 0.15) is 0 Å². The molecule has 0 unspecified atom stereocenters. The van der Waals surface area contributed by atoms with Crippen LogP contribution in [0.1, 0.15) is 11.1 Å². The average Bonchev–Trinajstić information content (AvgIpc) is 3.36. The van der Waals surface area contributed by atoms with Crippen LogP contribution in [0, 0.1) is 13.8 Å². The molecule has 0 atom stereocenters. The summed E-state index contributed by atoms with van der Waals surface area (Å²) in [7, 11) is 0. The van der Waals surface area contributed by atoms with E-state index in [0.717, 1.165) is 0 Å². The van der Waals surface area contributed by atoms with E-state index in [4.69, 9.17) is 0 Å². The molecule has 0 aliphatic rings. The van der Waals surface area contributed by atoms with Crippen LogP contribution in [0.4, 0.5) is 0 Å². The Morgan fingerprint density at radius 3 is 1.56 bits per heavy atom. The van der Waals surface area contributed by atoms with Crippen LogP contribution in [0.15, 0.2) is 109 Å². The molecule has 0 spiro atoms. The van der Waals surface area contributed by atoms with Crippen LogP contribution in [0.3, 0.4) is 0 Å². The molecule has 2 aromatic heterocycles. The summed E-state index contributed by atoms with van der Waals surface area (Å²) in [5.41, 5.74) is 9.91. The number of rotatable bonds is 2. The lowest BCUT2D eigenvalue weighted by Gasteiger charge is -2.09. The van der Waals surface area contributed by atoms with Crippen LogP contribution in [-0.4, -0.2) is 9.13 Å². The highest BCUT2D eigenvalue weighted by atomic mass is 15.0. The van der Waals surface area contributed by atoms with Gasteiger partial charge in [-0.2, -0.15) is 0 Å². The Labute approximate surface area is 198 Å². The number of aryl methyl sites for hydroxylation is 2. The second kappa shape index (κ2) is 7.10. The van der Waals surface area contributed by atoms with Gasteiger partial charge in [0.25, 0.3) is 0 Å². The number of benzene rings is 5. The second-order valence-corrected chi connectivity index (χ2v) is 9.24. The summed E-state index contributed by atoms with van der Waals surface area (Å²) in [6.07, 6.45) is 0. The van der Waals surface area contributed by atoms with E-state index in [2.05, 4.69) is 132 Å². The Morgan fingerprint density at radius 1 is 0.412 bits per heavy atom. The zero-order valence-corrected chi connectivity index (χ0v) is 19.3. The van der Waals surface area contributed by atoms with E-state index in [0.29, 0.717) is 0 Å². The topological polar surface area (TPSA) is 9.86 Å². The molecule has 7 aromatic rings. The van der Waals surface area contributed by atoms with Gasteiger partial charge in [0.2, 0.25) is 0 Å². The maximum atomic E-state index is 2.42. The molecular weight excluding hydrogens is 412 g/mol. The summed E-state index contributed by atoms with van der Waals surface area (Å²) in [5, 5.41) is 5.24. The summed E-state index contributed by atoms with van der Waals surface area (Å²) in [6.45, 7) is 4.36. The summed E-state index contributed by atoms with van der Waals surface area (Å²) in [6, 6.07) is 39.7. The van der Waals surface area contributed by atoms with Crippen LogP contribution in [0.25, 0.3) is 55.0 Å². The van der Waals surface area contributed by atoms with Crippen molar-refractivity contribution >= 4 is 43.6 Å². The van der Waals surface area contributed by atoms with Crippen molar-refractivity contribution in [1.29, 1.82) is 0 Å². The van der Waals surface area contributed by atoms with Crippen molar-refractivity contribution in [2.24, 2.45) is 0 Å². The fraction of sp³-hybridized carbons (Fsp3) is 0.0625. The van der Waals surface area contributed by atoms with Crippen LogP contribution in [0.5, 0.6) is 0 Å². The van der Waals surface area contributed by atoms with E-state index in [1.807, 2.05) is 0 Å². The van der Waals surface area contributed by atoms with Gasteiger partial charge >= 0.3 is 0 Å². The quantitative estimate of drug-likeness (QED) is 0.257. The molecule has 162 valence electrons. The number of nitrogens with zero attached hydrogens (tertiary/aromatic N) is 2. The van der Waals surface area contributed by atoms with Crippen LogP contribution in [0.2, 0.25) is 0 Å². The van der Waals surface area contributed by atoms with Crippen molar-refractivity contribution in [2.75, 3.05) is 0 Å². The summed E-state index contributed by atoms with van der Waals surface area (Å²) in [4.78, 5) is 0. The third-order valence-corrected chi connectivity index (χ3v) is 7.00. The van der Waals surface area contributed by atoms with Gasteiger partial charge in [-0.05, 0) is 74.0 Å². The minimum atomic E-state index is 1.19. The highest BCUT2D eigenvalue weighted by Gasteiger charge is 2.20. The smallest absolute Gasteiger partial charge is 0.0548 e. The molecule has 2 heterocycles. The zero-order chi connectivity index (χ0) is 22.8. The van der Waals surface area contributed by atoms with Crippen molar-refractivity contribution < 1.29 is 0 Å². The first-order chi connectivity index (χ1) is 16.7. The molecule has 0 aliphatic heterocycles. The fourth-order valence-electron chi connectivity index (χ4n) is 5.55. The van der Waals surface area contributed by atoms with Gasteiger partial charge in [0.05, 0.1) is 22.1 Å². The van der Waals surface area contributed by atoms with Crippen LogP contribution in [-0.2, 0) is 0 Å². The zero-order valence-electron chi connectivity index (χ0n) is 19.3. The lowest BCUT2D eigenvalue weighted by Crippen LogP contribution is -1.94. The third-order valence-electron chi connectivity index (χ3n) is 7.00. The monoisotopic (exact) mass is 436 g/mol. The number of aromatic nitrogens is 2. The van der Waals surface area contributed by atoms with E-state index in [-0.39, 0.29) is 0 Å². The molecule has 5 aromatic carbocycles. The van der Waals surface area contributed by atoms with E-state index in [1.54, 1.807) is 0 Å². The number of hydrogen-bond acceptors (Lipinski definition) is 0. The lowest BCUT2D eigenvalue weighted by molar-refractivity contribution is 1.17. The molecular formula is C32H24N2. The van der Waals surface area contributed by atoms with Crippen molar-refractivity contribution in [3.63, 3.8) is 0 Å².